The molecule has 1 aromatic carbocycles. The van der Waals surface area contributed by atoms with E-state index >= 15 is 0 Å². The lowest BCUT2D eigenvalue weighted by Crippen LogP contribution is -2.13. The molecule has 1 atom stereocenters. The Morgan fingerprint density at radius 2 is 2.06 bits per heavy atom. The Balaban J connectivity index is 2.74. The summed E-state index contributed by atoms with van der Waals surface area (Å²) in [4.78, 5) is 0. The molecule has 90 valence electrons. The van der Waals surface area contributed by atoms with Crippen LogP contribution in [0.25, 0.3) is 0 Å². The summed E-state index contributed by atoms with van der Waals surface area (Å²) in [5, 5.41) is 9.39. The third-order valence-corrected chi connectivity index (χ3v) is 2.90. The predicted octanol–water partition coefficient (Wildman–Crippen LogP) is 3.68. The van der Waals surface area contributed by atoms with E-state index < -0.39 is 0 Å². The van der Waals surface area contributed by atoms with E-state index in [1.165, 1.54) is 6.07 Å². The van der Waals surface area contributed by atoms with E-state index in [9.17, 15) is 9.50 Å². The van der Waals surface area contributed by atoms with Gasteiger partial charge in [-0.15, -0.1) is 0 Å². The van der Waals surface area contributed by atoms with Crippen molar-refractivity contribution in [2.24, 2.45) is 11.8 Å². The zero-order chi connectivity index (χ0) is 12.1. The smallest absolute Gasteiger partial charge is 0.144 e. The summed E-state index contributed by atoms with van der Waals surface area (Å²) in [6.07, 6.45) is 1.43. The summed E-state index contributed by atoms with van der Waals surface area (Å²) < 4.78 is 13.6. The van der Waals surface area contributed by atoms with Crippen LogP contribution in [-0.4, -0.2) is 11.7 Å². The number of aliphatic hydroxyl groups is 1. The first-order chi connectivity index (χ1) is 7.54. The molecule has 0 amide bonds. The number of rotatable bonds is 5. The highest BCUT2D eigenvalue weighted by molar-refractivity contribution is 6.30. The normalized spacial score (nSPS) is 13.1. The Kier molecular flexibility index (Phi) is 5.23. The number of hydrogen-bond donors (Lipinski definition) is 1. The molecule has 1 rings (SSSR count). The molecule has 1 aromatic rings. The average Bonchev–Trinajstić information content (AvgIpc) is 2.23. The van der Waals surface area contributed by atoms with Crippen molar-refractivity contribution in [2.75, 3.05) is 6.61 Å². The van der Waals surface area contributed by atoms with Crippen LogP contribution >= 0.6 is 11.6 Å². The van der Waals surface area contributed by atoms with Gasteiger partial charge >= 0.3 is 0 Å². The van der Waals surface area contributed by atoms with Crippen LogP contribution in [0.2, 0.25) is 5.02 Å². The van der Waals surface area contributed by atoms with Crippen molar-refractivity contribution in [1.82, 2.24) is 0 Å². The van der Waals surface area contributed by atoms with Gasteiger partial charge in [-0.1, -0.05) is 37.6 Å². The van der Waals surface area contributed by atoms with Crippen LogP contribution in [0.5, 0.6) is 0 Å². The second-order valence-corrected chi connectivity index (χ2v) is 5.00. The molecule has 0 saturated heterocycles. The third-order valence-electron chi connectivity index (χ3n) is 2.60. The number of halogens is 2. The van der Waals surface area contributed by atoms with Gasteiger partial charge in [0, 0.05) is 6.61 Å². The summed E-state index contributed by atoms with van der Waals surface area (Å²) in [5.41, 5.74) is 0.590. The van der Waals surface area contributed by atoms with Gasteiger partial charge in [-0.25, -0.2) is 4.39 Å². The Bertz CT molecular complexity index is 339. The van der Waals surface area contributed by atoms with E-state index in [1.807, 2.05) is 0 Å². The molecule has 16 heavy (non-hydrogen) atoms. The molecule has 0 spiro atoms. The van der Waals surface area contributed by atoms with Gasteiger partial charge in [0.05, 0.1) is 5.02 Å². The minimum atomic E-state index is -0.355. The Morgan fingerprint density at radius 3 is 2.62 bits per heavy atom. The van der Waals surface area contributed by atoms with Crippen molar-refractivity contribution in [2.45, 2.75) is 26.7 Å². The Hall–Kier alpha value is -0.600. The zero-order valence-electron chi connectivity index (χ0n) is 9.71. The lowest BCUT2D eigenvalue weighted by Gasteiger charge is -2.17. The second kappa shape index (κ2) is 6.21. The van der Waals surface area contributed by atoms with Crippen LogP contribution in [0.3, 0.4) is 0 Å². The molecule has 1 nitrogen and oxygen atoms in total. The molecule has 0 aliphatic carbocycles. The van der Waals surface area contributed by atoms with Gasteiger partial charge in [0.25, 0.3) is 0 Å². The first kappa shape index (κ1) is 13.5. The lowest BCUT2D eigenvalue weighted by molar-refractivity contribution is 0.204. The van der Waals surface area contributed by atoms with E-state index in [1.54, 1.807) is 12.1 Å². The summed E-state index contributed by atoms with van der Waals surface area (Å²) in [5.74, 6) is 0.249. The number of aliphatic hydroxyl groups excluding tert-OH is 1. The van der Waals surface area contributed by atoms with E-state index in [0.717, 1.165) is 6.42 Å². The summed E-state index contributed by atoms with van der Waals surface area (Å²) >= 11 is 5.71. The summed E-state index contributed by atoms with van der Waals surface area (Å²) in [6.45, 7) is 4.28. The van der Waals surface area contributed by atoms with E-state index in [0.29, 0.717) is 17.9 Å². The maximum Gasteiger partial charge on any atom is 0.144 e. The van der Waals surface area contributed by atoms with Crippen molar-refractivity contribution in [3.8, 4) is 0 Å². The van der Waals surface area contributed by atoms with Gasteiger partial charge in [0.2, 0.25) is 0 Å². The fourth-order valence-electron chi connectivity index (χ4n) is 1.91. The van der Waals surface area contributed by atoms with Crippen LogP contribution in [0.4, 0.5) is 4.39 Å². The second-order valence-electron chi connectivity index (χ2n) is 4.60. The number of hydrogen-bond acceptors (Lipinski definition) is 1. The molecule has 0 fully saturated rings. The van der Waals surface area contributed by atoms with Gasteiger partial charge in [-0.05, 0) is 36.3 Å². The molecular formula is C13H18ClFO. The van der Waals surface area contributed by atoms with Crippen LogP contribution in [-0.2, 0) is 6.42 Å². The van der Waals surface area contributed by atoms with Crippen molar-refractivity contribution in [3.63, 3.8) is 0 Å². The quantitative estimate of drug-likeness (QED) is 0.838. The first-order valence-electron chi connectivity index (χ1n) is 5.58. The molecule has 0 aliphatic rings. The highest BCUT2D eigenvalue weighted by Crippen LogP contribution is 2.23. The molecular weight excluding hydrogens is 227 g/mol. The van der Waals surface area contributed by atoms with E-state index in [4.69, 9.17) is 11.6 Å². The lowest BCUT2D eigenvalue weighted by atomic mass is 9.91. The Labute approximate surface area is 101 Å². The minimum Gasteiger partial charge on any atom is -0.396 e. The molecule has 0 heterocycles. The van der Waals surface area contributed by atoms with Crippen LogP contribution in [0.15, 0.2) is 18.2 Å². The minimum absolute atomic E-state index is 0.0874. The molecule has 3 heteroatoms. The molecule has 1 unspecified atom stereocenters. The third kappa shape index (κ3) is 3.76. The van der Waals surface area contributed by atoms with E-state index in [-0.39, 0.29) is 23.4 Å². The van der Waals surface area contributed by atoms with Crippen molar-refractivity contribution < 1.29 is 9.50 Å². The maximum absolute atomic E-state index is 13.6. The van der Waals surface area contributed by atoms with E-state index in [2.05, 4.69) is 13.8 Å². The molecule has 0 aliphatic heterocycles. The molecule has 0 bridgehead atoms. The SMILES string of the molecule is CC(C)CC(CO)Cc1cccc(Cl)c1F. The fraction of sp³-hybridized carbons (Fsp3) is 0.538. The van der Waals surface area contributed by atoms with Crippen LogP contribution < -0.4 is 0 Å². The summed E-state index contributed by atoms with van der Waals surface area (Å²) in [7, 11) is 0. The molecule has 0 aromatic heterocycles. The van der Waals surface area contributed by atoms with Gasteiger partial charge in [0.15, 0.2) is 0 Å². The van der Waals surface area contributed by atoms with Crippen molar-refractivity contribution >= 4 is 11.6 Å². The monoisotopic (exact) mass is 244 g/mol. The Morgan fingerprint density at radius 1 is 1.38 bits per heavy atom. The highest BCUT2D eigenvalue weighted by atomic mass is 35.5. The highest BCUT2D eigenvalue weighted by Gasteiger charge is 2.14. The maximum atomic E-state index is 13.6. The molecule has 0 radical (unpaired) electrons. The summed E-state index contributed by atoms with van der Waals surface area (Å²) in [6, 6.07) is 5.01. The molecule has 0 saturated carbocycles. The molecule has 1 N–H and O–H groups in total. The van der Waals surface area contributed by atoms with Gasteiger partial charge < -0.3 is 5.11 Å². The zero-order valence-corrected chi connectivity index (χ0v) is 10.5. The van der Waals surface area contributed by atoms with Crippen LogP contribution in [0.1, 0.15) is 25.8 Å². The van der Waals surface area contributed by atoms with Crippen LogP contribution in [0, 0.1) is 17.7 Å². The standard InChI is InChI=1S/C13H18ClFO/c1-9(2)6-10(8-16)7-11-4-3-5-12(14)13(11)15/h3-5,9-10,16H,6-8H2,1-2H3. The van der Waals surface area contributed by atoms with Crippen molar-refractivity contribution in [3.05, 3.63) is 34.6 Å². The van der Waals surface area contributed by atoms with Gasteiger partial charge in [0.1, 0.15) is 5.82 Å². The largest absolute Gasteiger partial charge is 0.396 e. The topological polar surface area (TPSA) is 20.2 Å². The fourth-order valence-corrected chi connectivity index (χ4v) is 2.10. The van der Waals surface area contributed by atoms with Gasteiger partial charge in [-0.2, -0.15) is 0 Å². The predicted molar refractivity (Wildman–Crippen MR) is 65.1 cm³/mol. The first-order valence-corrected chi connectivity index (χ1v) is 5.96. The van der Waals surface area contributed by atoms with Crippen molar-refractivity contribution in [1.29, 1.82) is 0 Å². The average molecular weight is 245 g/mol. The van der Waals surface area contributed by atoms with Gasteiger partial charge in [-0.3, -0.25) is 0 Å². The number of benzene rings is 1.